The summed E-state index contributed by atoms with van der Waals surface area (Å²) < 4.78 is 1.75. The third-order valence-corrected chi connectivity index (χ3v) is 2.23. The van der Waals surface area contributed by atoms with Gasteiger partial charge in [-0.05, 0) is 26.0 Å². The summed E-state index contributed by atoms with van der Waals surface area (Å²) in [5, 5.41) is 4.28. The van der Waals surface area contributed by atoms with Gasteiger partial charge >= 0.3 is 0 Å². The van der Waals surface area contributed by atoms with Crippen LogP contribution >= 0.6 is 0 Å². The topological polar surface area (TPSA) is 69.6 Å². The van der Waals surface area contributed by atoms with E-state index in [1.165, 1.54) is 0 Å². The fraction of sp³-hybridized carbons (Fsp3) is 0.364. The zero-order valence-electron chi connectivity index (χ0n) is 9.46. The number of pyridine rings is 1. The van der Waals surface area contributed by atoms with E-state index in [9.17, 15) is 0 Å². The summed E-state index contributed by atoms with van der Waals surface area (Å²) in [4.78, 5) is 8.54. The van der Waals surface area contributed by atoms with E-state index in [4.69, 9.17) is 5.73 Å². The van der Waals surface area contributed by atoms with Crippen LogP contribution in [0.15, 0.2) is 24.5 Å². The number of aromatic nitrogens is 4. The molecule has 2 aromatic rings. The van der Waals surface area contributed by atoms with Crippen molar-refractivity contribution in [3.63, 3.8) is 0 Å². The van der Waals surface area contributed by atoms with E-state index >= 15 is 0 Å². The predicted molar refractivity (Wildman–Crippen MR) is 60.7 cm³/mol. The van der Waals surface area contributed by atoms with Crippen molar-refractivity contribution < 1.29 is 0 Å². The van der Waals surface area contributed by atoms with Gasteiger partial charge in [-0.3, -0.25) is 4.98 Å². The molecule has 0 radical (unpaired) electrons. The molecule has 5 nitrogen and oxygen atoms in total. The highest BCUT2D eigenvalue weighted by Crippen LogP contribution is 2.04. The Bertz CT molecular complexity index is 475. The molecule has 0 saturated heterocycles. The number of nitrogens with zero attached hydrogens (tertiary/aromatic N) is 4. The first-order chi connectivity index (χ1) is 7.65. The Kier molecular flexibility index (Phi) is 2.96. The second kappa shape index (κ2) is 4.40. The van der Waals surface area contributed by atoms with Gasteiger partial charge in [0.1, 0.15) is 6.33 Å². The Hall–Kier alpha value is -1.75. The Morgan fingerprint density at radius 2 is 2.25 bits per heavy atom. The van der Waals surface area contributed by atoms with E-state index in [2.05, 4.69) is 15.1 Å². The van der Waals surface area contributed by atoms with Crippen LogP contribution in [0.25, 0.3) is 0 Å². The molecule has 0 saturated carbocycles. The van der Waals surface area contributed by atoms with Crippen molar-refractivity contribution in [3.05, 3.63) is 41.7 Å². The fourth-order valence-corrected chi connectivity index (χ4v) is 1.45. The van der Waals surface area contributed by atoms with E-state index in [1.54, 1.807) is 11.0 Å². The molecule has 1 unspecified atom stereocenters. The molecule has 1 atom stereocenters. The summed E-state index contributed by atoms with van der Waals surface area (Å²) in [5.41, 5.74) is 7.67. The molecule has 84 valence electrons. The predicted octanol–water partition coefficient (Wildman–Crippen LogP) is 1.05. The molecule has 0 amide bonds. The van der Waals surface area contributed by atoms with Crippen LogP contribution in [0.1, 0.15) is 30.2 Å². The molecule has 5 heteroatoms. The molecule has 0 aliphatic rings. The smallest absolute Gasteiger partial charge is 0.166 e. The number of hydrogen-bond donors (Lipinski definition) is 1. The summed E-state index contributed by atoms with van der Waals surface area (Å²) in [6, 6.07) is 5.80. The van der Waals surface area contributed by atoms with Gasteiger partial charge in [-0.25, -0.2) is 9.67 Å². The van der Waals surface area contributed by atoms with E-state index in [1.807, 2.05) is 32.0 Å². The highest BCUT2D eigenvalue weighted by Gasteiger charge is 2.05. The van der Waals surface area contributed by atoms with Gasteiger partial charge in [0.15, 0.2) is 5.82 Å². The Labute approximate surface area is 94.3 Å². The average molecular weight is 217 g/mol. The largest absolute Gasteiger partial charge is 0.321 e. The summed E-state index contributed by atoms with van der Waals surface area (Å²) >= 11 is 0. The maximum absolute atomic E-state index is 5.69. The average Bonchev–Trinajstić information content (AvgIpc) is 2.66. The number of nitrogens with two attached hydrogens (primary N) is 1. The van der Waals surface area contributed by atoms with Crippen LogP contribution in [-0.2, 0) is 6.54 Å². The summed E-state index contributed by atoms with van der Waals surface area (Å²) in [7, 11) is 0. The van der Waals surface area contributed by atoms with Gasteiger partial charge in [-0.15, -0.1) is 0 Å². The lowest BCUT2D eigenvalue weighted by atomic mass is 10.3. The molecule has 0 aliphatic carbocycles. The summed E-state index contributed by atoms with van der Waals surface area (Å²) in [6.07, 6.45) is 1.68. The zero-order valence-corrected chi connectivity index (χ0v) is 9.46. The van der Waals surface area contributed by atoms with Crippen molar-refractivity contribution in [2.24, 2.45) is 5.73 Å². The van der Waals surface area contributed by atoms with Gasteiger partial charge in [-0.1, -0.05) is 6.07 Å². The molecule has 0 aromatic carbocycles. The highest BCUT2D eigenvalue weighted by atomic mass is 15.3. The third kappa shape index (κ3) is 2.43. The lowest BCUT2D eigenvalue weighted by molar-refractivity contribution is 0.639. The minimum absolute atomic E-state index is 0.133. The summed E-state index contributed by atoms with van der Waals surface area (Å²) in [5.74, 6) is 0.660. The van der Waals surface area contributed by atoms with Gasteiger partial charge in [0.25, 0.3) is 0 Å². The van der Waals surface area contributed by atoms with Gasteiger partial charge in [0.05, 0.1) is 18.3 Å². The highest BCUT2D eigenvalue weighted by molar-refractivity contribution is 5.10. The molecular formula is C11H15N5. The normalized spacial score (nSPS) is 12.7. The Morgan fingerprint density at radius 3 is 2.88 bits per heavy atom. The van der Waals surface area contributed by atoms with E-state index in [-0.39, 0.29) is 6.04 Å². The SMILES string of the molecule is Cc1cccc(Cn2cnc(C(C)N)n2)n1. The van der Waals surface area contributed by atoms with Gasteiger partial charge in [0.2, 0.25) is 0 Å². The third-order valence-electron chi connectivity index (χ3n) is 2.23. The fourth-order valence-electron chi connectivity index (χ4n) is 1.45. The molecule has 2 heterocycles. The first-order valence-electron chi connectivity index (χ1n) is 5.22. The maximum Gasteiger partial charge on any atom is 0.166 e. The number of rotatable bonds is 3. The van der Waals surface area contributed by atoms with Crippen molar-refractivity contribution in [3.8, 4) is 0 Å². The maximum atomic E-state index is 5.69. The molecular weight excluding hydrogens is 202 g/mol. The molecule has 0 aliphatic heterocycles. The van der Waals surface area contributed by atoms with Gasteiger partial charge in [0, 0.05) is 5.69 Å². The lowest BCUT2D eigenvalue weighted by Gasteiger charge is -2.01. The first-order valence-corrected chi connectivity index (χ1v) is 5.22. The van der Waals surface area contributed by atoms with Crippen LogP contribution < -0.4 is 5.73 Å². The van der Waals surface area contributed by atoms with Gasteiger partial charge < -0.3 is 5.73 Å². The van der Waals surface area contributed by atoms with Crippen molar-refractivity contribution in [2.75, 3.05) is 0 Å². The van der Waals surface area contributed by atoms with E-state index in [0.717, 1.165) is 11.4 Å². The Morgan fingerprint density at radius 1 is 1.44 bits per heavy atom. The van der Waals surface area contributed by atoms with Crippen molar-refractivity contribution >= 4 is 0 Å². The van der Waals surface area contributed by atoms with Crippen LogP contribution in [0.4, 0.5) is 0 Å². The van der Waals surface area contributed by atoms with Gasteiger partial charge in [-0.2, -0.15) is 5.10 Å². The van der Waals surface area contributed by atoms with E-state index < -0.39 is 0 Å². The summed E-state index contributed by atoms with van der Waals surface area (Å²) in [6.45, 7) is 4.46. The molecule has 0 bridgehead atoms. The molecule has 2 aromatic heterocycles. The monoisotopic (exact) mass is 217 g/mol. The number of hydrogen-bond acceptors (Lipinski definition) is 4. The van der Waals surface area contributed by atoms with Crippen LogP contribution in [0.2, 0.25) is 0 Å². The lowest BCUT2D eigenvalue weighted by Crippen LogP contribution is -2.09. The standard InChI is InChI=1S/C11H15N5/c1-8-4-3-5-10(14-8)6-16-7-13-11(15-16)9(2)12/h3-5,7,9H,6,12H2,1-2H3. The quantitative estimate of drug-likeness (QED) is 0.834. The van der Waals surface area contributed by atoms with Crippen molar-refractivity contribution in [2.45, 2.75) is 26.4 Å². The molecule has 0 spiro atoms. The minimum Gasteiger partial charge on any atom is -0.321 e. The molecule has 2 rings (SSSR count). The van der Waals surface area contributed by atoms with Crippen LogP contribution in [0.5, 0.6) is 0 Å². The van der Waals surface area contributed by atoms with E-state index in [0.29, 0.717) is 12.4 Å². The second-order valence-corrected chi connectivity index (χ2v) is 3.86. The van der Waals surface area contributed by atoms with Crippen molar-refractivity contribution in [1.82, 2.24) is 19.7 Å². The first kappa shape index (κ1) is 10.8. The van der Waals surface area contributed by atoms with Crippen LogP contribution in [0, 0.1) is 6.92 Å². The Balaban J connectivity index is 2.14. The number of aryl methyl sites for hydroxylation is 1. The zero-order chi connectivity index (χ0) is 11.5. The molecule has 2 N–H and O–H groups in total. The van der Waals surface area contributed by atoms with Crippen LogP contribution in [-0.4, -0.2) is 19.7 Å². The molecule has 0 fully saturated rings. The second-order valence-electron chi connectivity index (χ2n) is 3.86. The van der Waals surface area contributed by atoms with Crippen molar-refractivity contribution in [1.29, 1.82) is 0 Å². The van der Waals surface area contributed by atoms with Crippen LogP contribution in [0.3, 0.4) is 0 Å². The molecule has 16 heavy (non-hydrogen) atoms. The minimum atomic E-state index is -0.133.